The second-order valence-corrected chi connectivity index (χ2v) is 4.58. The second-order valence-electron chi connectivity index (χ2n) is 4.58. The van der Waals surface area contributed by atoms with Crippen LogP contribution in [-0.4, -0.2) is 16.5 Å². The van der Waals surface area contributed by atoms with Crippen molar-refractivity contribution < 1.29 is 9.90 Å². The van der Waals surface area contributed by atoms with Gasteiger partial charge in [-0.25, -0.2) is 0 Å². The van der Waals surface area contributed by atoms with Crippen LogP contribution in [-0.2, 0) is 4.79 Å². The Morgan fingerprint density at radius 2 is 2.00 bits per heavy atom. The first-order valence-electron chi connectivity index (χ1n) is 5.85. The predicted molar refractivity (Wildman–Crippen MR) is 59.5 cm³/mol. The number of rotatable bonds is 2. The van der Waals surface area contributed by atoms with Crippen LogP contribution in [0.3, 0.4) is 0 Å². The Bertz CT molecular complexity index is 306. The van der Waals surface area contributed by atoms with Gasteiger partial charge >= 0.3 is 0 Å². The van der Waals surface area contributed by atoms with Crippen LogP contribution in [0.5, 0.6) is 0 Å². The molecule has 0 aromatic rings. The molecule has 0 atom stereocenters. The minimum absolute atomic E-state index is 0.0217. The van der Waals surface area contributed by atoms with E-state index in [0.717, 1.165) is 37.7 Å². The van der Waals surface area contributed by atoms with Gasteiger partial charge < -0.3 is 5.11 Å². The van der Waals surface area contributed by atoms with Crippen LogP contribution in [0, 0.1) is 0 Å². The Hall–Kier alpha value is -0.890. The van der Waals surface area contributed by atoms with E-state index in [-0.39, 0.29) is 5.78 Å². The van der Waals surface area contributed by atoms with Gasteiger partial charge in [0.2, 0.25) is 0 Å². The summed E-state index contributed by atoms with van der Waals surface area (Å²) >= 11 is 0. The lowest BCUT2D eigenvalue weighted by atomic mass is 9.78. The van der Waals surface area contributed by atoms with Crippen molar-refractivity contribution in [3.05, 3.63) is 23.8 Å². The molecule has 2 aliphatic carbocycles. The Labute approximate surface area is 90.7 Å². The third-order valence-electron chi connectivity index (χ3n) is 3.41. The van der Waals surface area contributed by atoms with E-state index in [1.807, 2.05) is 12.2 Å². The highest BCUT2D eigenvalue weighted by Crippen LogP contribution is 2.32. The quantitative estimate of drug-likeness (QED) is 0.753. The van der Waals surface area contributed by atoms with Crippen LogP contribution < -0.4 is 0 Å². The normalized spacial score (nSPS) is 24.7. The molecule has 2 nitrogen and oxygen atoms in total. The minimum atomic E-state index is -1.05. The summed E-state index contributed by atoms with van der Waals surface area (Å²) in [5, 5.41) is 10.3. The molecular weight excluding hydrogens is 188 g/mol. The summed E-state index contributed by atoms with van der Waals surface area (Å²) in [6.07, 6.45) is 11.9. The molecular formula is C13H18O2. The topological polar surface area (TPSA) is 37.3 Å². The van der Waals surface area contributed by atoms with Crippen LogP contribution in [0.2, 0.25) is 0 Å². The molecule has 1 saturated carbocycles. The van der Waals surface area contributed by atoms with Crippen LogP contribution in [0.4, 0.5) is 0 Å². The number of carbonyl (C=O) groups excluding carboxylic acids is 1. The maximum Gasteiger partial charge on any atom is 0.190 e. The molecule has 1 N–H and O–H groups in total. The lowest BCUT2D eigenvalue weighted by molar-refractivity contribution is -0.136. The van der Waals surface area contributed by atoms with E-state index >= 15 is 0 Å². The number of carbonyl (C=O) groups is 1. The smallest absolute Gasteiger partial charge is 0.190 e. The Morgan fingerprint density at radius 1 is 1.27 bits per heavy atom. The number of aliphatic hydroxyl groups is 1. The number of Topliss-reactive ketones (excluding diaryl/α,β-unsaturated/α-hetero) is 1. The molecule has 2 heteroatoms. The summed E-state index contributed by atoms with van der Waals surface area (Å²) in [5.41, 5.74) is -0.239. The summed E-state index contributed by atoms with van der Waals surface area (Å²) < 4.78 is 0. The van der Waals surface area contributed by atoms with Gasteiger partial charge in [0.1, 0.15) is 5.60 Å². The molecule has 0 aromatic heterocycles. The van der Waals surface area contributed by atoms with E-state index in [1.165, 1.54) is 0 Å². The van der Waals surface area contributed by atoms with Gasteiger partial charge in [-0.15, -0.1) is 0 Å². The van der Waals surface area contributed by atoms with Crippen molar-refractivity contribution in [2.75, 3.05) is 0 Å². The molecule has 82 valence electrons. The van der Waals surface area contributed by atoms with Gasteiger partial charge in [-0.3, -0.25) is 4.79 Å². The van der Waals surface area contributed by atoms with E-state index in [1.54, 1.807) is 0 Å². The number of ketones is 1. The Balaban J connectivity index is 2.11. The molecule has 0 radical (unpaired) electrons. The lowest BCUT2D eigenvalue weighted by Crippen LogP contribution is -2.41. The van der Waals surface area contributed by atoms with Gasteiger partial charge in [0.15, 0.2) is 5.78 Å². The molecule has 0 unspecified atom stereocenters. The Morgan fingerprint density at radius 3 is 2.60 bits per heavy atom. The first-order valence-corrected chi connectivity index (χ1v) is 5.85. The summed E-state index contributed by atoms with van der Waals surface area (Å²) in [6.45, 7) is 0. The fourth-order valence-corrected chi connectivity index (χ4v) is 2.45. The maximum atomic E-state index is 12.1. The first kappa shape index (κ1) is 10.6. The molecule has 0 aromatic carbocycles. The van der Waals surface area contributed by atoms with Crippen molar-refractivity contribution in [1.29, 1.82) is 0 Å². The molecule has 2 rings (SSSR count). The molecule has 0 aliphatic heterocycles. The van der Waals surface area contributed by atoms with Crippen LogP contribution in [0.15, 0.2) is 23.8 Å². The number of hydrogen-bond donors (Lipinski definition) is 1. The van der Waals surface area contributed by atoms with Crippen LogP contribution >= 0.6 is 0 Å². The molecule has 1 fully saturated rings. The maximum absolute atomic E-state index is 12.1. The molecule has 2 aliphatic rings. The lowest BCUT2D eigenvalue weighted by Gasteiger charge is -2.31. The standard InChI is InChI=1S/C13H18O2/c14-12(11-7-3-1-4-8-11)13(15)9-5-2-6-10-13/h1,3,7,15H,2,4-6,8-10H2. The highest BCUT2D eigenvalue weighted by atomic mass is 16.3. The van der Waals surface area contributed by atoms with Crippen molar-refractivity contribution >= 4 is 5.78 Å². The van der Waals surface area contributed by atoms with Crippen molar-refractivity contribution in [3.63, 3.8) is 0 Å². The third kappa shape index (κ3) is 2.20. The average Bonchev–Trinajstić information content (AvgIpc) is 2.30. The largest absolute Gasteiger partial charge is 0.382 e. The predicted octanol–water partition coefficient (Wildman–Crippen LogP) is 2.53. The van der Waals surface area contributed by atoms with E-state index in [9.17, 15) is 9.90 Å². The monoisotopic (exact) mass is 206 g/mol. The molecule has 0 spiro atoms. The van der Waals surface area contributed by atoms with Crippen molar-refractivity contribution in [2.24, 2.45) is 0 Å². The molecule has 0 saturated heterocycles. The van der Waals surface area contributed by atoms with Crippen molar-refractivity contribution in [2.45, 2.75) is 50.5 Å². The summed E-state index contributed by atoms with van der Waals surface area (Å²) in [4.78, 5) is 12.1. The third-order valence-corrected chi connectivity index (χ3v) is 3.41. The van der Waals surface area contributed by atoms with E-state index < -0.39 is 5.60 Å². The van der Waals surface area contributed by atoms with Gasteiger partial charge in [-0.2, -0.15) is 0 Å². The average molecular weight is 206 g/mol. The van der Waals surface area contributed by atoms with Crippen molar-refractivity contribution in [3.8, 4) is 0 Å². The molecule has 0 heterocycles. The summed E-state index contributed by atoms with van der Waals surface area (Å²) in [7, 11) is 0. The van der Waals surface area contributed by atoms with Gasteiger partial charge in [-0.05, 0) is 31.3 Å². The zero-order valence-electron chi connectivity index (χ0n) is 9.04. The molecule has 0 bridgehead atoms. The van der Waals surface area contributed by atoms with Gasteiger partial charge in [0.25, 0.3) is 0 Å². The minimum Gasteiger partial charge on any atom is -0.382 e. The van der Waals surface area contributed by atoms with Crippen LogP contribution in [0.1, 0.15) is 44.9 Å². The number of allylic oxidation sites excluding steroid dienone is 3. The second kappa shape index (κ2) is 4.31. The highest BCUT2D eigenvalue weighted by Gasteiger charge is 2.38. The van der Waals surface area contributed by atoms with Gasteiger partial charge in [-0.1, -0.05) is 37.5 Å². The SMILES string of the molecule is O=C(C1=CC=CCC1)C1(O)CCCCC1. The first-order chi connectivity index (χ1) is 7.22. The zero-order valence-corrected chi connectivity index (χ0v) is 9.04. The van der Waals surface area contributed by atoms with E-state index in [4.69, 9.17) is 0 Å². The zero-order chi connectivity index (χ0) is 10.7. The highest BCUT2D eigenvalue weighted by molar-refractivity contribution is 6.02. The summed E-state index contributed by atoms with van der Waals surface area (Å²) in [6, 6.07) is 0. The van der Waals surface area contributed by atoms with E-state index in [0.29, 0.717) is 12.8 Å². The summed E-state index contributed by atoms with van der Waals surface area (Å²) in [5.74, 6) is -0.0217. The fourth-order valence-electron chi connectivity index (χ4n) is 2.45. The molecule has 0 amide bonds. The van der Waals surface area contributed by atoms with Gasteiger partial charge in [0.05, 0.1) is 0 Å². The van der Waals surface area contributed by atoms with Gasteiger partial charge in [0, 0.05) is 0 Å². The Kier molecular flexibility index (Phi) is 3.06. The van der Waals surface area contributed by atoms with Crippen molar-refractivity contribution in [1.82, 2.24) is 0 Å². The van der Waals surface area contributed by atoms with Crippen LogP contribution in [0.25, 0.3) is 0 Å². The fraction of sp³-hybridized carbons (Fsp3) is 0.615. The van der Waals surface area contributed by atoms with E-state index in [2.05, 4.69) is 6.08 Å². The molecule has 15 heavy (non-hydrogen) atoms. The number of hydrogen-bond acceptors (Lipinski definition) is 2.